The number of hydrogen-bond acceptors (Lipinski definition) is 5. The Hall–Kier alpha value is -1.11. The zero-order valence-corrected chi connectivity index (χ0v) is 13.9. The normalized spacial score (nSPS) is 20.4. The summed E-state index contributed by atoms with van der Waals surface area (Å²) in [6.07, 6.45) is 10.9. The highest BCUT2D eigenvalue weighted by molar-refractivity contribution is 7.99. The van der Waals surface area contributed by atoms with Gasteiger partial charge in [0.15, 0.2) is 5.82 Å². The fraction of sp³-hybridized carbons (Fsp3) is 0.867. The number of thioether (sulfide) groups is 1. The molecule has 22 heavy (non-hydrogen) atoms. The molecular formula is C15H25N5OS. The maximum atomic E-state index is 12.0. The maximum absolute atomic E-state index is 12.0. The number of nitrogens with one attached hydrogen (secondary N) is 1. The molecule has 1 aromatic rings. The Kier molecular flexibility index (Phi) is 5.70. The highest BCUT2D eigenvalue weighted by Crippen LogP contribution is 2.29. The van der Waals surface area contributed by atoms with E-state index in [0.717, 1.165) is 18.7 Å². The number of carbonyl (C=O) groups excluding carboxylic acids is 1. The highest BCUT2D eigenvalue weighted by Gasteiger charge is 2.21. The average molecular weight is 323 g/mol. The van der Waals surface area contributed by atoms with Crippen LogP contribution in [0.25, 0.3) is 0 Å². The molecule has 2 saturated carbocycles. The largest absolute Gasteiger partial charge is 0.353 e. The standard InChI is InChI=1S/C15H25N5OS/c21-15(16-12-6-2-1-3-7-12)11-22-10-14-17-18-19-20(14)13-8-4-5-9-13/h12-13H,1-11H2,(H,16,21). The third kappa shape index (κ3) is 4.21. The van der Waals surface area contributed by atoms with Crippen LogP contribution in [-0.2, 0) is 10.5 Å². The number of amides is 1. The predicted octanol–water partition coefficient (Wildman–Crippen LogP) is 2.47. The number of nitrogens with zero attached hydrogens (tertiary/aromatic N) is 4. The van der Waals surface area contributed by atoms with E-state index >= 15 is 0 Å². The van der Waals surface area contributed by atoms with Gasteiger partial charge in [0.1, 0.15) is 0 Å². The molecule has 2 fully saturated rings. The minimum atomic E-state index is 0.150. The first-order chi connectivity index (χ1) is 10.8. The van der Waals surface area contributed by atoms with E-state index in [0.29, 0.717) is 23.6 Å². The molecule has 1 amide bonds. The van der Waals surface area contributed by atoms with Gasteiger partial charge in [0.05, 0.1) is 17.5 Å². The molecule has 6 nitrogen and oxygen atoms in total. The molecule has 0 radical (unpaired) electrons. The topological polar surface area (TPSA) is 72.7 Å². The summed E-state index contributed by atoms with van der Waals surface area (Å²) in [7, 11) is 0. The molecule has 0 saturated heterocycles. The Morgan fingerprint density at radius 2 is 1.86 bits per heavy atom. The van der Waals surface area contributed by atoms with Gasteiger partial charge in [0, 0.05) is 6.04 Å². The summed E-state index contributed by atoms with van der Waals surface area (Å²) in [5.74, 6) is 2.26. The third-order valence-corrected chi connectivity index (χ3v) is 5.59. The van der Waals surface area contributed by atoms with Crippen LogP contribution in [0.2, 0.25) is 0 Å². The van der Waals surface area contributed by atoms with E-state index < -0.39 is 0 Å². The van der Waals surface area contributed by atoms with Crippen LogP contribution in [0, 0.1) is 0 Å². The fourth-order valence-corrected chi connectivity index (χ4v) is 4.23. The molecule has 1 aromatic heterocycles. The zero-order valence-electron chi connectivity index (χ0n) is 13.0. The summed E-state index contributed by atoms with van der Waals surface area (Å²) < 4.78 is 1.97. The van der Waals surface area contributed by atoms with E-state index in [4.69, 9.17) is 0 Å². The van der Waals surface area contributed by atoms with Gasteiger partial charge in [-0.15, -0.1) is 16.9 Å². The molecule has 0 spiro atoms. The summed E-state index contributed by atoms with van der Waals surface area (Å²) in [4.78, 5) is 12.0. The second-order valence-electron chi connectivity index (χ2n) is 6.37. The Morgan fingerprint density at radius 1 is 1.14 bits per heavy atom. The number of tetrazole rings is 1. The summed E-state index contributed by atoms with van der Waals surface area (Å²) in [6.45, 7) is 0. The minimum Gasteiger partial charge on any atom is -0.353 e. The SMILES string of the molecule is O=C(CSCc1nnnn1C1CCCC1)NC1CCCCC1. The van der Waals surface area contributed by atoms with Gasteiger partial charge in [-0.3, -0.25) is 4.79 Å². The van der Waals surface area contributed by atoms with Gasteiger partial charge < -0.3 is 5.32 Å². The zero-order chi connectivity index (χ0) is 15.2. The summed E-state index contributed by atoms with van der Waals surface area (Å²) >= 11 is 1.61. The fourth-order valence-electron chi connectivity index (χ4n) is 3.49. The molecule has 0 bridgehead atoms. The number of carbonyl (C=O) groups is 1. The predicted molar refractivity (Wildman–Crippen MR) is 86.5 cm³/mol. The van der Waals surface area contributed by atoms with Crippen LogP contribution in [0.15, 0.2) is 0 Å². The van der Waals surface area contributed by atoms with Crippen LogP contribution >= 0.6 is 11.8 Å². The summed E-state index contributed by atoms with van der Waals surface area (Å²) in [6, 6.07) is 0.854. The van der Waals surface area contributed by atoms with Crippen molar-refractivity contribution < 1.29 is 4.79 Å². The van der Waals surface area contributed by atoms with Crippen LogP contribution in [0.5, 0.6) is 0 Å². The van der Waals surface area contributed by atoms with E-state index in [1.807, 2.05) is 4.68 Å². The third-order valence-electron chi connectivity index (χ3n) is 4.67. The summed E-state index contributed by atoms with van der Waals surface area (Å²) in [5.41, 5.74) is 0. The molecule has 2 aliphatic rings. The van der Waals surface area contributed by atoms with Gasteiger partial charge in [-0.05, 0) is 36.1 Å². The second kappa shape index (κ2) is 7.94. The molecule has 2 aliphatic carbocycles. The van der Waals surface area contributed by atoms with E-state index in [1.54, 1.807) is 11.8 Å². The lowest BCUT2D eigenvalue weighted by atomic mass is 9.95. The van der Waals surface area contributed by atoms with Crippen molar-refractivity contribution in [3.05, 3.63) is 5.82 Å². The number of aromatic nitrogens is 4. The van der Waals surface area contributed by atoms with Gasteiger partial charge in [0.2, 0.25) is 5.91 Å². The van der Waals surface area contributed by atoms with Gasteiger partial charge in [-0.1, -0.05) is 32.1 Å². The van der Waals surface area contributed by atoms with Crippen molar-refractivity contribution in [1.29, 1.82) is 0 Å². The average Bonchev–Trinajstić information content (AvgIpc) is 3.19. The molecule has 1 N–H and O–H groups in total. The van der Waals surface area contributed by atoms with Crippen molar-refractivity contribution >= 4 is 17.7 Å². The molecule has 0 atom stereocenters. The van der Waals surface area contributed by atoms with Crippen LogP contribution in [0.1, 0.15) is 69.7 Å². The van der Waals surface area contributed by atoms with Gasteiger partial charge >= 0.3 is 0 Å². The first kappa shape index (κ1) is 15.8. The maximum Gasteiger partial charge on any atom is 0.230 e. The van der Waals surface area contributed by atoms with Crippen LogP contribution < -0.4 is 5.32 Å². The molecule has 0 aliphatic heterocycles. The van der Waals surface area contributed by atoms with Gasteiger partial charge in [-0.25, -0.2) is 4.68 Å². The molecule has 0 aromatic carbocycles. The Morgan fingerprint density at radius 3 is 2.64 bits per heavy atom. The van der Waals surface area contributed by atoms with Crippen molar-refractivity contribution in [2.24, 2.45) is 0 Å². The van der Waals surface area contributed by atoms with E-state index in [2.05, 4.69) is 20.8 Å². The van der Waals surface area contributed by atoms with Crippen molar-refractivity contribution in [2.75, 3.05) is 5.75 Å². The lowest BCUT2D eigenvalue weighted by Crippen LogP contribution is -2.37. The monoisotopic (exact) mass is 323 g/mol. The smallest absolute Gasteiger partial charge is 0.230 e. The second-order valence-corrected chi connectivity index (χ2v) is 7.36. The van der Waals surface area contributed by atoms with Gasteiger partial charge in [0.25, 0.3) is 0 Å². The van der Waals surface area contributed by atoms with E-state index in [9.17, 15) is 4.79 Å². The molecular weight excluding hydrogens is 298 g/mol. The molecule has 1 heterocycles. The number of rotatable bonds is 6. The first-order valence-corrected chi connectivity index (χ1v) is 9.62. The molecule has 0 unspecified atom stereocenters. The van der Waals surface area contributed by atoms with Gasteiger partial charge in [-0.2, -0.15) is 0 Å². The van der Waals surface area contributed by atoms with Crippen molar-refractivity contribution in [2.45, 2.75) is 75.6 Å². The van der Waals surface area contributed by atoms with Crippen LogP contribution in [0.4, 0.5) is 0 Å². The van der Waals surface area contributed by atoms with E-state index in [1.165, 1.54) is 44.9 Å². The Bertz CT molecular complexity index is 480. The Balaban J connectivity index is 1.41. The highest BCUT2D eigenvalue weighted by atomic mass is 32.2. The van der Waals surface area contributed by atoms with Crippen molar-refractivity contribution in [1.82, 2.24) is 25.5 Å². The van der Waals surface area contributed by atoms with Crippen LogP contribution in [-0.4, -0.2) is 37.9 Å². The van der Waals surface area contributed by atoms with E-state index in [-0.39, 0.29) is 5.91 Å². The van der Waals surface area contributed by atoms with Crippen molar-refractivity contribution in [3.8, 4) is 0 Å². The van der Waals surface area contributed by atoms with Crippen molar-refractivity contribution in [3.63, 3.8) is 0 Å². The molecule has 3 rings (SSSR count). The quantitative estimate of drug-likeness (QED) is 0.870. The first-order valence-electron chi connectivity index (χ1n) is 8.47. The lowest BCUT2D eigenvalue weighted by Gasteiger charge is -2.22. The molecule has 7 heteroatoms. The van der Waals surface area contributed by atoms with Crippen LogP contribution in [0.3, 0.4) is 0 Å². The summed E-state index contributed by atoms with van der Waals surface area (Å²) in [5, 5.41) is 15.2. The lowest BCUT2D eigenvalue weighted by molar-refractivity contribution is -0.119. The number of hydrogen-bond donors (Lipinski definition) is 1. The minimum absolute atomic E-state index is 0.150. The Labute approximate surface area is 135 Å². The molecule has 122 valence electrons.